The summed E-state index contributed by atoms with van der Waals surface area (Å²) in [5.74, 6) is 0.985. The molecule has 120 valence electrons. The Morgan fingerprint density at radius 1 is 1.22 bits per heavy atom. The molecule has 4 nitrogen and oxygen atoms in total. The highest BCUT2D eigenvalue weighted by Gasteiger charge is 2.19. The van der Waals surface area contributed by atoms with E-state index in [1.807, 2.05) is 60.5 Å². The van der Waals surface area contributed by atoms with Crippen LogP contribution in [0.5, 0.6) is 0 Å². The first-order chi connectivity index (χ1) is 11.2. The normalized spacial score (nSPS) is 12.4. The molecule has 0 saturated heterocycles. The van der Waals surface area contributed by atoms with E-state index in [0.717, 1.165) is 28.8 Å². The molecular formula is C18H21N3OS. The molecule has 1 atom stereocenters. The third-order valence-corrected chi connectivity index (χ3v) is 4.68. The lowest BCUT2D eigenvalue weighted by Crippen LogP contribution is -2.25. The smallest absolute Gasteiger partial charge is 0.247 e. The van der Waals surface area contributed by atoms with Crippen molar-refractivity contribution in [3.8, 4) is 0 Å². The molecule has 3 rings (SSSR count). The second-order valence-electron chi connectivity index (χ2n) is 5.62. The summed E-state index contributed by atoms with van der Waals surface area (Å²) in [7, 11) is 2.02. The van der Waals surface area contributed by atoms with E-state index in [2.05, 4.69) is 22.2 Å². The van der Waals surface area contributed by atoms with Gasteiger partial charge in [-0.05, 0) is 54.8 Å². The second-order valence-corrected chi connectivity index (χ2v) is 6.60. The number of nitrogens with zero attached hydrogens (tertiary/aromatic N) is 2. The summed E-state index contributed by atoms with van der Waals surface area (Å²) in [6, 6.07) is 11.8. The SMILES string of the molecule is CSCCC(C(=O)Nc1ccc2c(ccn2C)c1)n1cccc1. The first kappa shape index (κ1) is 15.7. The Bertz CT molecular complexity index is 792. The minimum Gasteiger partial charge on any atom is -0.351 e. The number of nitrogens with one attached hydrogen (secondary N) is 1. The van der Waals surface area contributed by atoms with Crippen molar-refractivity contribution in [2.75, 3.05) is 17.3 Å². The maximum absolute atomic E-state index is 12.7. The van der Waals surface area contributed by atoms with Gasteiger partial charge in [0.1, 0.15) is 6.04 Å². The molecule has 0 spiro atoms. The summed E-state index contributed by atoms with van der Waals surface area (Å²) < 4.78 is 4.05. The van der Waals surface area contributed by atoms with Gasteiger partial charge in [0.15, 0.2) is 0 Å². The van der Waals surface area contributed by atoms with Crippen LogP contribution in [-0.2, 0) is 11.8 Å². The summed E-state index contributed by atoms with van der Waals surface area (Å²) in [4.78, 5) is 12.7. The topological polar surface area (TPSA) is 39.0 Å². The Hall–Kier alpha value is -2.14. The average Bonchev–Trinajstić information content (AvgIpc) is 3.18. The number of hydrogen-bond acceptors (Lipinski definition) is 2. The highest BCUT2D eigenvalue weighted by atomic mass is 32.2. The van der Waals surface area contributed by atoms with Crippen molar-refractivity contribution in [1.29, 1.82) is 0 Å². The molecular weight excluding hydrogens is 306 g/mol. The Morgan fingerprint density at radius 2 is 2.00 bits per heavy atom. The Balaban J connectivity index is 1.79. The zero-order chi connectivity index (χ0) is 16.2. The number of amides is 1. The van der Waals surface area contributed by atoms with Crippen molar-refractivity contribution in [2.24, 2.45) is 7.05 Å². The van der Waals surface area contributed by atoms with Gasteiger partial charge in [-0.25, -0.2) is 0 Å². The van der Waals surface area contributed by atoms with Gasteiger partial charge in [0.2, 0.25) is 5.91 Å². The largest absolute Gasteiger partial charge is 0.351 e. The van der Waals surface area contributed by atoms with E-state index >= 15 is 0 Å². The van der Waals surface area contributed by atoms with Gasteiger partial charge >= 0.3 is 0 Å². The molecule has 0 aliphatic carbocycles. The van der Waals surface area contributed by atoms with Crippen LogP contribution in [0.2, 0.25) is 0 Å². The van der Waals surface area contributed by atoms with Crippen molar-refractivity contribution >= 4 is 34.3 Å². The van der Waals surface area contributed by atoms with Gasteiger partial charge in [-0.2, -0.15) is 11.8 Å². The number of hydrogen-bond donors (Lipinski definition) is 1. The first-order valence-electron chi connectivity index (χ1n) is 7.66. The van der Waals surface area contributed by atoms with Crippen LogP contribution < -0.4 is 5.32 Å². The number of thioether (sulfide) groups is 1. The summed E-state index contributed by atoms with van der Waals surface area (Å²) in [5.41, 5.74) is 2.00. The number of aryl methyl sites for hydroxylation is 1. The summed E-state index contributed by atoms with van der Waals surface area (Å²) in [6.07, 6.45) is 8.80. The quantitative estimate of drug-likeness (QED) is 0.745. The van der Waals surface area contributed by atoms with Crippen LogP contribution in [0.4, 0.5) is 5.69 Å². The summed E-state index contributed by atoms with van der Waals surface area (Å²) >= 11 is 1.76. The molecule has 0 radical (unpaired) electrons. The van der Waals surface area contributed by atoms with Gasteiger partial charge in [-0.3, -0.25) is 4.79 Å². The highest BCUT2D eigenvalue weighted by molar-refractivity contribution is 7.98. The second kappa shape index (κ2) is 6.96. The van der Waals surface area contributed by atoms with Gasteiger partial charge in [0.05, 0.1) is 0 Å². The zero-order valence-electron chi connectivity index (χ0n) is 13.4. The number of benzene rings is 1. The third-order valence-electron chi connectivity index (χ3n) is 4.04. The Kier molecular flexibility index (Phi) is 4.76. The highest BCUT2D eigenvalue weighted by Crippen LogP contribution is 2.22. The van der Waals surface area contributed by atoms with E-state index in [-0.39, 0.29) is 11.9 Å². The van der Waals surface area contributed by atoms with Crippen LogP contribution in [0.3, 0.4) is 0 Å². The lowest BCUT2D eigenvalue weighted by molar-refractivity contribution is -0.119. The standard InChI is InChI=1S/C18H21N3OS/c1-20-11-7-14-13-15(5-6-16(14)20)19-18(22)17(8-12-23-2)21-9-3-4-10-21/h3-7,9-11,13,17H,8,12H2,1-2H3,(H,19,22). The van der Waals surface area contributed by atoms with Crippen molar-refractivity contribution in [3.63, 3.8) is 0 Å². The zero-order valence-corrected chi connectivity index (χ0v) is 14.2. The molecule has 0 fully saturated rings. The maximum Gasteiger partial charge on any atom is 0.247 e. The van der Waals surface area contributed by atoms with Crippen LogP contribution in [-0.4, -0.2) is 27.1 Å². The van der Waals surface area contributed by atoms with Gasteiger partial charge in [0.25, 0.3) is 0 Å². The lowest BCUT2D eigenvalue weighted by Gasteiger charge is -2.18. The molecule has 0 aliphatic rings. The number of anilines is 1. The third kappa shape index (κ3) is 3.45. The number of rotatable bonds is 6. The molecule has 1 aromatic carbocycles. The molecule has 1 amide bonds. The van der Waals surface area contributed by atoms with E-state index < -0.39 is 0 Å². The number of aromatic nitrogens is 2. The van der Waals surface area contributed by atoms with Crippen molar-refractivity contribution in [1.82, 2.24) is 9.13 Å². The fourth-order valence-electron chi connectivity index (χ4n) is 2.79. The van der Waals surface area contributed by atoms with Crippen molar-refractivity contribution in [2.45, 2.75) is 12.5 Å². The lowest BCUT2D eigenvalue weighted by atomic mass is 10.2. The van der Waals surface area contributed by atoms with Gasteiger partial charge in [0, 0.05) is 42.2 Å². The van der Waals surface area contributed by atoms with Crippen LogP contribution in [0.1, 0.15) is 12.5 Å². The monoisotopic (exact) mass is 327 g/mol. The molecule has 2 aromatic heterocycles. The summed E-state index contributed by atoms with van der Waals surface area (Å²) in [5, 5.41) is 4.19. The van der Waals surface area contributed by atoms with Crippen molar-refractivity contribution < 1.29 is 4.79 Å². The molecule has 2 heterocycles. The van der Waals surface area contributed by atoms with E-state index in [1.165, 1.54) is 0 Å². The van der Waals surface area contributed by atoms with Crippen LogP contribution >= 0.6 is 11.8 Å². The molecule has 1 unspecified atom stereocenters. The van der Waals surface area contributed by atoms with Gasteiger partial charge < -0.3 is 14.5 Å². The van der Waals surface area contributed by atoms with Crippen LogP contribution in [0, 0.1) is 0 Å². The Morgan fingerprint density at radius 3 is 2.74 bits per heavy atom. The van der Waals surface area contributed by atoms with Crippen LogP contribution in [0.15, 0.2) is 55.0 Å². The fraction of sp³-hybridized carbons (Fsp3) is 0.278. The van der Waals surface area contributed by atoms with E-state index in [9.17, 15) is 4.79 Å². The predicted molar refractivity (Wildman–Crippen MR) is 98.0 cm³/mol. The fourth-order valence-corrected chi connectivity index (χ4v) is 3.24. The number of carbonyl (C=O) groups is 1. The van der Waals surface area contributed by atoms with Gasteiger partial charge in [-0.15, -0.1) is 0 Å². The molecule has 3 aromatic rings. The molecule has 0 bridgehead atoms. The number of fused-ring (bicyclic) bond motifs is 1. The molecule has 0 saturated carbocycles. The minimum atomic E-state index is -0.177. The minimum absolute atomic E-state index is 0.0329. The van der Waals surface area contributed by atoms with E-state index in [1.54, 1.807) is 11.8 Å². The first-order valence-corrected chi connectivity index (χ1v) is 9.06. The molecule has 23 heavy (non-hydrogen) atoms. The Labute approximate surface area is 140 Å². The predicted octanol–water partition coefficient (Wildman–Crippen LogP) is 3.91. The number of carbonyl (C=O) groups excluding carboxylic acids is 1. The van der Waals surface area contributed by atoms with Crippen LogP contribution in [0.25, 0.3) is 10.9 Å². The molecule has 5 heteroatoms. The average molecular weight is 327 g/mol. The maximum atomic E-state index is 12.7. The molecule has 0 aliphatic heterocycles. The van der Waals surface area contributed by atoms with Crippen molar-refractivity contribution in [3.05, 3.63) is 55.0 Å². The van der Waals surface area contributed by atoms with E-state index in [4.69, 9.17) is 0 Å². The molecule has 1 N–H and O–H groups in total. The summed E-state index contributed by atoms with van der Waals surface area (Å²) in [6.45, 7) is 0. The van der Waals surface area contributed by atoms with E-state index in [0.29, 0.717) is 0 Å². The van der Waals surface area contributed by atoms with Gasteiger partial charge in [-0.1, -0.05) is 0 Å².